The Morgan fingerprint density at radius 1 is 0.500 bits per heavy atom. The van der Waals surface area contributed by atoms with E-state index in [1.54, 1.807) is 12.1 Å². The maximum absolute atomic E-state index is 13.0. The summed E-state index contributed by atoms with van der Waals surface area (Å²) in [5.41, 5.74) is 13.8. The van der Waals surface area contributed by atoms with Gasteiger partial charge in [0.05, 0.1) is 52.9 Å². The van der Waals surface area contributed by atoms with E-state index in [9.17, 15) is 4.79 Å². The normalized spacial score (nSPS) is 12.0. The van der Waals surface area contributed by atoms with Crippen molar-refractivity contribution in [3.8, 4) is 22.6 Å². The Bertz CT molecular complexity index is 835. The molecule has 0 aliphatic heterocycles. The number of carbonyl (C=O) groups excluding carboxylic acids is 1. The van der Waals surface area contributed by atoms with Gasteiger partial charge < -0.3 is 39.9 Å². The molecule has 0 saturated heterocycles. The van der Waals surface area contributed by atoms with Crippen LogP contribution in [0.5, 0.6) is 11.5 Å². The summed E-state index contributed by atoms with van der Waals surface area (Å²) in [6.45, 7) is 5.68. The number of carbonyl (C=O) groups is 1. The highest BCUT2D eigenvalue weighted by Crippen LogP contribution is 2.39. The molecule has 0 aromatic heterocycles. The molecule has 0 unspecified atom stereocenters. The van der Waals surface area contributed by atoms with Crippen molar-refractivity contribution < 1.29 is 33.2 Å². The second-order valence-electron chi connectivity index (χ2n) is 7.47. The molecule has 9 heteroatoms. The lowest BCUT2D eigenvalue weighted by atomic mass is 10.1. The molecule has 1 aliphatic rings. The fraction of sp³-hybridized carbons (Fsp3) is 0.480. The molecule has 4 N–H and O–H groups in total. The Labute approximate surface area is 200 Å². The van der Waals surface area contributed by atoms with Gasteiger partial charge in [-0.3, -0.25) is 4.79 Å². The molecule has 2 aromatic rings. The number of ether oxygens (including phenoxy) is 6. The number of fused-ring (bicyclic) bond motifs is 3. The molecular weight excluding hydrogens is 440 g/mol. The Morgan fingerprint density at radius 2 is 0.882 bits per heavy atom. The first-order valence-electron chi connectivity index (χ1n) is 11.5. The molecule has 0 bridgehead atoms. The summed E-state index contributed by atoms with van der Waals surface area (Å²) in [5.74, 6) is 1.22. The number of hydrogen-bond acceptors (Lipinski definition) is 9. The largest absolute Gasteiger partial charge is 0.491 e. The van der Waals surface area contributed by atoms with Gasteiger partial charge in [-0.2, -0.15) is 0 Å². The zero-order valence-corrected chi connectivity index (χ0v) is 19.5. The number of ketones is 1. The molecule has 0 spiro atoms. The monoisotopic (exact) mass is 474 g/mol. The van der Waals surface area contributed by atoms with Crippen LogP contribution in [0, 0.1) is 0 Å². The highest BCUT2D eigenvalue weighted by Gasteiger charge is 2.27. The summed E-state index contributed by atoms with van der Waals surface area (Å²) in [6.07, 6.45) is 0. The summed E-state index contributed by atoms with van der Waals surface area (Å²) in [5, 5.41) is 0. The van der Waals surface area contributed by atoms with E-state index in [1.165, 1.54) is 0 Å². The highest BCUT2D eigenvalue weighted by molar-refractivity contribution is 6.22. The standard InChI is InChI=1S/C25H34N2O7/c26-5-7-29-9-11-31-13-15-33-19-1-3-21-22-4-2-20(18-24(22)25(28)23(21)17-19)34-16-14-32-12-10-30-8-6-27/h1-4,17-18H,5-16,26-27H2. The number of benzene rings is 2. The van der Waals surface area contributed by atoms with Crippen LogP contribution in [0.2, 0.25) is 0 Å². The average molecular weight is 475 g/mol. The van der Waals surface area contributed by atoms with Crippen molar-refractivity contribution >= 4 is 5.78 Å². The van der Waals surface area contributed by atoms with E-state index in [1.807, 2.05) is 24.3 Å². The van der Waals surface area contributed by atoms with Crippen molar-refractivity contribution in [2.75, 3.05) is 79.2 Å². The lowest BCUT2D eigenvalue weighted by molar-refractivity contribution is 0.0388. The minimum Gasteiger partial charge on any atom is -0.491 e. The molecule has 9 nitrogen and oxygen atoms in total. The Hall–Kier alpha value is -2.53. The van der Waals surface area contributed by atoms with Crippen LogP contribution in [0.4, 0.5) is 0 Å². The zero-order chi connectivity index (χ0) is 24.0. The third kappa shape index (κ3) is 7.76. The van der Waals surface area contributed by atoms with Crippen LogP contribution < -0.4 is 20.9 Å². The van der Waals surface area contributed by atoms with Crippen LogP contribution in [0.3, 0.4) is 0 Å². The van der Waals surface area contributed by atoms with Crippen LogP contribution >= 0.6 is 0 Å². The van der Waals surface area contributed by atoms with Crippen molar-refractivity contribution in [2.24, 2.45) is 11.5 Å². The summed E-state index contributed by atoms with van der Waals surface area (Å²) < 4.78 is 32.9. The van der Waals surface area contributed by atoms with Gasteiger partial charge in [-0.1, -0.05) is 0 Å². The van der Waals surface area contributed by atoms with Gasteiger partial charge in [0.15, 0.2) is 5.78 Å². The molecule has 0 heterocycles. The van der Waals surface area contributed by atoms with Crippen LogP contribution in [0.1, 0.15) is 15.9 Å². The van der Waals surface area contributed by atoms with E-state index in [4.69, 9.17) is 39.9 Å². The number of hydrogen-bond donors (Lipinski definition) is 2. The molecule has 1 aliphatic carbocycles. The van der Waals surface area contributed by atoms with E-state index >= 15 is 0 Å². The molecule has 0 radical (unpaired) electrons. The van der Waals surface area contributed by atoms with E-state index in [2.05, 4.69) is 0 Å². The molecule has 0 atom stereocenters. The maximum Gasteiger partial charge on any atom is 0.194 e. The van der Waals surface area contributed by atoms with Gasteiger partial charge in [0.1, 0.15) is 24.7 Å². The summed E-state index contributed by atoms with van der Waals surface area (Å²) in [6, 6.07) is 11.1. The van der Waals surface area contributed by atoms with E-state index in [-0.39, 0.29) is 5.78 Å². The quantitative estimate of drug-likeness (QED) is 0.265. The fourth-order valence-corrected chi connectivity index (χ4v) is 3.46. The van der Waals surface area contributed by atoms with Gasteiger partial charge in [0.2, 0.25) is 0 Å². The second-order valence-corrected chi connectivity index (χ2v) is 7.47. The maximum atomic E-state index is 13.0. The van der Waals surface area contributed by atoms with E-state index in [0.717, 1.165) is 11.1 Å². The van der Waals surface area contributed by atoms with Crippen LogP contribution in [-0.2, 0) is 18.9 Å². The van der Waals surface area contributed by atoms with Crippen molar-refractivity contribution in [3.63, 3.8) is 0 Å². The van der Waals surface area contributed by atoms with Gasteiger partial charge in [0, 0.05) is 24.2 Å². The number of rotatable bonds is 18. The Morgan fingerprint density at radius 3 is 1.29 bits per heavy atom. The first kappa shape index (κ1) is 26.1. The third-order valence-electron chi connectivity index (χ3n) is 5.02. The summed E-state index contributed by atoms with van der Waals surface area (Å²) >= 11 is 0. The van der Waals surface area contributed by atoms with Crippen LogP contribution in [0.25, 0.3) is 11.1 Å². The molecule has 186 valence electrons. The van der Waals surface area contributed by atoms with Gasteiger partial charge in [-0.15, -0.1) is 0 Å². The molecule has 0 amide bonds. The lowest BCUT2D eigenvalue weighted by Crippen LogP contribution is -2.14. The van der Waals surface area contributed by atoms with Crippen LogP contribution in [-0.4, -0.2) is 84.9 Å². The lowest BCUT2D eigenvalue weighted by Gasteiger charge is -2.09. The predicted octanol–water partition coefficient (Wildman–Crippen LogP) is 1.64. The van der Waals surface area contributed by atoms with Crippen molar-refractivity contribution in [2.45, 2.75) is 0 Å². The molecule has 0 saturated carbocycles. The van der Waals surface area contributed by atoms with Crippen molar-refractivity contribution in [1.29, 1.82) is 0 Å². The first-order chi connectivity index (χ1) is 16.7. The van der Waals surface area contributed by atoms with Crippen molar-refractivity contribution in [1.82, 2.24) is 0 Å². The SMILES string of the molecule is NCCOCCOCCOc1ccc2c(c1)C(=O)c1cc(OCCOCCOCCN)ccc1-2. The third-order valence-corrected chi connectivity index (χ3v) is 5.02. The molecule has 0 fully saturated rings. The first-order valence-corrected chi connectivity index (χ1v) is 11.5. The minimum absolute atomic E-state index is 0.0393. The summed E-state index contributed by atoms with van der Waals surface area (Å²) in [4.78, 5) is 13.0. The molecular formula is C25H34N2O7. The zero-order valence-electron chi connectivity index (χ0n) is 19.5. The van der Waals surface area contributed by atoms with E-state index in [0.29, 0.717) is 102 Å². The second kappa shape index (κ2) is 14.7. The Kier molecular flexibility index (Phi) is 11.3. The minimum atomic E-state index is -0.0393. The smallest absolute Gasteiger partial charge is 0.194 e. The van der Waals surface area contributed by atoms with Crippen molar-refractivity contribution in [3.05, 3.63) is 47.5 Å². The van der Waals surface area contributed by atoms with Gasteiger partial charge in [-0.05, 0) is 47.5 Å². The molecule has 2 aromatic carbocycles. The highest BCUT2D eigenvalue weighted by atomic mass is 16.5. The fourth-order valence-electron chi connectivity index (χ4n) is 3.46. The topological polar surface area (TPSA) is 124 Å². The molecule has 34 heavy (non-hydrogen) atoms. The predicted molar refractivity (Wildman–Crippen MR) is 128 cm³/mol. The molecule has 3 rings (SSSR count). The van der Waals surface area contributed by atoms with Gasteiger partial charge >= 0.3 is 0 Å². The average Bonchev–Trinajstić information content (AvgIpc) is 3.13. The van der Waals surface area contributed by atoms with Gasteiger partial charge in [-0.25, -0.2) is 0 Å². The van der Waals surface area contributed by atoms with Gasteiger partial charge in [0.25, 0.3) is 0 Å². The van der Waals surface area contributed by atoms with E-state index < -0.39 is 0 Å². The number of nitrogens with two attached hydrogens (primary N) is 2. The summed E-state index contributed by atoms with van der Waals surface area (Å²) in [7, 11) is 0. The Balaban J connectivity index is 1.43. The van der Waals surface area contributed by atoms with Crippen LogP contribution in [0.15, 0.2) is 36.4 Å².